The third-order valence-corrected chi connectivity index (χ3v) is 2.03. The van der Waals surface area contributed by atoms with Crippen molar-refractivity contribution in [2.75, 3.05) is 0 Å². The lowest BCUT2D eigenvalue weighted by Gasteiger charge is -1.82. The van der Waals surface area contributed by atoms with Crippen LogP contribution in [-0.4, -0.2) is 11.9 Å². The van der Waals surface area contributed by atoms with Gasteiger partial charge in [0.15, 0.2) is 0 Å². The lowest BCUT2D eigenvalue weighted by molar-refractivity contribution is -0.150. The van der Waals surface area contributed by atoms with Gasteiger partial charge >= 0.3 is 11.9 Å². The molecule has 0 aromatic heterocycles. The molecule has 0 radical (unpaired) electrons. The number of hydrogen-bond donors (Lipinski definition) is 0. The van der Waals surface area contributed by atoms with Crippen molar-refractivity contribution in [2.24, 2.45) is 0 Å². The minimum Gasteiger partial charge on any atom is -0.385 e. The molecule has 1 rings (SSSR count). The minimum atomic E-state index is -0.798. The van der Waals surface area contributed by atoms with Crippen molar-refractivity contribution in [3.63, 3.8) is 0 Å². The second-order valence-electron chi connectivity index (χ2n) is 1.30. The fraction of sp³-hybridized carbons (Fsp3) is 0. The van der Waals surface area contributed by atoms with Gasteiger partial charge in [-0.2, -0.15) is 0 Å². The molecular formula is C4BrClO3. The maximum atomic E-state index is 10.4. The van der Waals surface area contributed by atoms with Gasteiger partial charge in [-0.25, -0.2) is 9.59 Å². The number of halogens is 2. The summed E-state index contributed by atoms with van der Waals surface area (Å²) in [6.07, 6.45) is 0. The highest BCUT2D eigenvalue weighted by Gasteiger charge is 2.29. The molecule has 0 aromatic rings. The highest BCUT2D eigenvalue weighted by Crippen LogP contribution is 2.24. The van der Waals surface area contributed by atoms with Crippen molar-refractivity contribution in [3.8, 4) is 0 Å². The quantitative estimate of drug-likeness (QED) is 0.442. The Morgan fingerprint density at radius 1 is 1.33 bits per heavy atom. The van der Waals surface area contributed by atoms with Crippen molar-refractivity contribution in [2.45, 2.75) is 0 Å². The van der Waals surface area contributed by atoms with Crippen LogP contribution in [0.15, 0.2) is 9.51 Å². The van der Waals surface area contributed by atoms with E-state index in [2.05, 4.69) is 20.7 Å². The molecular weight excluding hydrogens is 211 g/mol. The molecule has 9 heavy (non-hydrogen) atoms. The Morgan fingerprint density at radius 2 is 1.89 bits per heavy atom. The molecule has 0 aromatic carbocycles. The predicted molar refractivity (Wildman–Crippen MR) is 32.9 cm³/mol. The second-order valence-corrected chi connectivity index (χ2v) is 2.48. The zero-order valence-corrected chi connectivity index (χ0v) is 6.32. The molecule has 0 saturated heterocycles. The van der Waals surface area contributed by atoms with E-state index in [-0.39, 0.29) is 9.51 Å². The fourth-order valence-corrected chi connectivity index (χ4v) is 0.712. The number of carbonyl (C=O) groups is 2. The van der Waals surface area contributed by atoms with E-state index in [1.165, 1.54) is 0 Å². The summed E-state index contributed by atoms with van der Waals surface area (Å²) in [7, 11) is 0. The van der Waals surface area contributed by atoms with Crippen LogP contribution >= 0.6 is 27.5 Å². The van der Waals surface area contributed by atoms with Gasteiger partial charge in [0.25, 0.3) is 0 Å². The van der Waals surface area contributed by atoms with Gasteiger partial charge in [-0.15, -0.1) is 0 Å². The first kappa shape index (κ1) is 6.77. The predicted octanol–water partition coefficient (Wildman–Crippen LogP) is 0.915. The third kappa shape index (κ3) is 0.997. The molecule has 0 fully saturated rings. The molecule has 0 atom stereocenters. The first-order valence-electron chi connectivity index (χ1n) is 1.94. The van der Waals surface area contributed by atoms with Crippen LogP contribution in [0.3, 0.4) is 0 Å². The minimum absolute atomic E-state index is 0.00540. The van der Waals surface area contributed by atoms with Crippen molar-refractivity contribution in [1.82, 2.24) is 0 Å². The monoisotopic (exact) mass is 210 g/mol. The van der Waals surface area contributed by atoms with Crippen LogP contribution in [0.5, 0.6) is 0 Å². The van der Waals surface area contributed by atoms with Crippen LogP contribution < -0.4 is 0 Å². The molecule has 1 heterocycles. The summed E-state index contributed by atoms with van der Waals surface area (Å²) in [5.74, 6) is -1.53. The van der Waals surface area contributed by atoms with E-state index in [1.54, 1.807) is 0 Å². The maximum Gasteiger partial charge on any atom is 0.359 e. The van der Waals surface area contributed by atoms with E-state index in [9.17, 15) is 9.59 Å². The van der Waals surface area contributed by atoms with Crippen LogP contribution in [-0.2, 0) is 14.3 Å². The largest absolute Gasteiger partial charge is 0.385 e. The summed E-state index contributed by atoms with van der Waals surface area (Å²) < 4.78 is 4.05. The summed E-state index contributed by atoms with van der Waals surface area (Å²) in [6.45, 7) is 0. The van der Waals surface area contributed by atoms with Crippen molar-refractivity contribution in [3.05, 3.63) is 9.51 Å². The Kier molecular flexibility index (Phi) is 1.59. The van der Waals surface area contributed by atoms with Gasteiger partial charge < -0.3 is 4.74 Å². The normalized spacial score (nSPS) is 18.9. The molecule has 5 heteroatoms. The topological polar surface area (TPSA) is 43.4 Å². The Labute approximate surface area is 63.7 Å². The summed E-state index contributed by atoms with van der Waals surface area (Å²) in [5.41, 5.74) is 0. The summed E-state index contributed by atoms with van der Waals surface area (Å²) in [6, 6.07) is 0. The summed E-state index contributed by atoms with van der Waals surface area (Å²) >= 11 is 8.01. The van der Waals surface area contributed by atoms with E-state index in [1.807, 2.05) is 0 Å². The van der Waals surface area contributed by atoms with Gasteiger partial charge in [-0.1, -0.05) is 11.6 Å². The average molecular weight is 211 g/mol. The number of cyclic esters (lactones) is 2. The molecule has 0 bridgehead atoms. The van der Waals surface area contributed by atoms with E-state index in [4.69, 9.17) is 11.6 Å². The first-order chi connectivity index (χ1) is 4.13. The Morgan fingerprint density at radius 3 is 2.00 bits per heavy atom. The molecule has 0 amide bonds. The van der Waals surface area contributed by atoms with Gasteiger partial charge in [0.05, 0.1) is 0 Å². The SMILES string of the molecule is O=C1OC(=O)C(Br)=C1Cl. The van der Waals surface area contributed by atoms with Crippen molar-refractivity contribution in [1.29, 1.82) is 0 Å². The van der Waals surface area contributed by atoms with E-state index < -0.39 is 11.9 Å². The van der Waals surface area contributed by atoms with Crippen molar-refractivity contribution < 1.29 is 14.3 Å². The zero-order chi connectivity index (χ0) is 7.02. The molecule has 0 saturated carbocycles. The highest BCUT2D eigenvalue weighted by atomic mass is 79.9. The van der Waals surface area contributed by atoms with Gasteiger partial charge in [0.2, 0.25) is 0 Å². The Hall–Kier alpha value is -0.350. The van der Waals surface area contributed by atoms with Crippen LogP contribution in [0.25, 0.3) is 0 Å². The molecule has 0 N–H and O–H groups in total. The van der Waals surface area contributed by atoms with E-state index in [0.29, 0.717) is 0 Å². The molecule has 0 aliphatic carbocycles. The van der Waals surface area contributed by atoms with E-state index >= 15 is 0 Å². The third-order valence-electron chi connectivity index (χ3n) is 0.737. The van der Waals surface area contributed by atoms with Crippen LogP contribution in [0.4, 0.5) is 0 Å². The summed E-state index contributed by atoms with van der Waals surface area (Å²) in [5, 5.41) is -0.194. The fourth-order valence-electron chi connectivity index (χ4n) is 0.353. The summed E-state index contributed by atoms with van der Waals surface area (Å²) in [4.78, 5) is 20.7. The van der Waals surface area contributed by atoms with E-state index in [0.717, 1.165) is 0 Å². The highest BCUT2D eigenvalue weighted by molar-refractivity contribution is 9.12. The lowest BCUT2D eigenvalue weighted by atomic mass is 10.5. The molecule has 48 valence electrons. The molecule has 1 aliphatic heterocycles. The number of carbonyl (C=O) groups excluding carboxylic acids is 2. The first-order valence-corrected chi connectivity index (χ1v) is 3.12. The number of esters is 2. The number of rotatable bonds is 0. The molecule has 3 nitrogen and oxygen atoms in total. The zero-order valence-electron chi connectivity index (χ0n) is 3.98. The van der Waals surface area contributed by atoms with Crippen molar-refractivity contribution >= 4 is 39.5 Å². The average Bonchev–Trinajstić information content (AvgIpc) is 1.98. The van der Waals surface area contributed by atoms with Crippen LogP contribution in [0.2, 0.25) is 0 Å². The Balaban J connectivity index is 3.06. The van der Waals surface area contributed by atoms with Crippen LogP contribution in [0, 0.1) is 0 Å². The molecule has 0 spiro atoms. The van der Waals surface area contributed by atoms with Gasteiger partial charge in [0.1, 0.15) is 9.51 Å². The number of ether oxygens (including phenoxy) is 1. The van der Waals surface area contributed by atoms with Crippen LogP contribution in [0.1, 0.15) is 0 Å². The second kappa shape index (κ2) is 2.11. The molecule has 0 unspecified atom stereocenters. The maximum absolute atomic E-state index is 10.4. The van der Waals surface area contributed by atoms with Gasteiger partial charge in [-0.05, 0) is 15.9 Å². The standard InChI is InChI=1S/C4BrClO3/c5-1-2(6)4(8)9-3(1)7. The van der Waals surface area contributed by atoms with Gasteiger partial charge in [-0.3, -0.25) is 0 Å². The smallest absolute Gasteiger partial charge is 0.359 e. The lowest BCUT2D eigenvalue weighted by Crippen LogP contribution is -1.99. The molecule has 1 aliphatic rings. The Bertz CT molecular complexity index is 198. The number of hydrogen-bond acceptors (Lipinski definition) is 3. The van der Waals surface area contributed by atoms with Gasteiger partial charge in [0, 0.05) is 0 Å².